The van der Waals surface area contributed by atoms with Gasteiger partial charge in [0.1, 0.15) is 18.2 Å². The highest BCUT2D eigenvalue weighted by molar-refractivity contribution is 7.99. The Morgan fingerprint density at radius 3 is 2.63 bits per heavy atom. The van der Waals surface area contributed by atoms with Crippen LogP contribution in [0, 0.1) is 5.82 Å². The number of aryl methyl sites for hydroxylation is 1. The standard InChI is InChI=1S/C22H22ClFN2O3S/c1-22(2,28)14-29-19-8-7-17(13-18(19)23)26-11-10-25-20(21(26)27)30-12-9-15-3-5-16(24)6-4-15/h3-8,10-11,13,28H,9,12,14H2,1-2H3. The summed E-state index contributed by atoms with van der Waals surface area (Å²) in [7, 11) is 0. The van der Waals surface area contributed by atoms with E-state index in [1.165, 1.54) is 28.5 Å². The number of aliphatic hydroxyl groups is 1. The second-order valence-electron chi connectivity index (χ2n) is 7.35. The average Bonchev–Trinajstić information content (AvgIpc) is 2.69. The first-order chi connectivity index (χ1) is 14.2. The molecular formula is C22H22ClFN2O3S. The van der Waals surface area contributed by atoms with Crippen LogP contribution in [-0.4, -0.2) is 32.6 Å². The molecular weight excluding hydrogens is 427 g/mol. The fourth-order valence-electron chi connectivity index (χ4n) is 2.62. The van der Waals surface area contributed by atoms with Gasteiger partial charge in [0, 0.05) is 18.1 Å². The highest BCUT2D eigenvalue weighted by atomic mass is 35.5. The summed E-state index contributed by atoms with van der Waals surface area (Å²) in [6, 6.07) is 11.3. The first-order valence-electron chi connectivity index (χ1n) is 9.33. The third-order valence-electron chi connectivity index (χ3n) is 4.13. The van der Waals surface area contributed by atoms with Gasteiger partial charge < -0.3 is 9.84 Å². The molecule has 1 heterocycles. The predicted molar refractivity (Wildman–Crippen MR) is 117 cm³/mol. The summed E-state index contributed by atoms with van der Waals surface area (Å²) in [5.74, 6) is 0.801. The van der Waals surface area contributed by atoms with Crippen molar-refractivity contribution in [3.8, 4) is 11.4 Å². The van der Waals surface area contributed by atoms with Gasteiger partial charge in [-0.05, 0) is 56.2 Å². The van der Waals surface area contributed by atoms with Crippen molar-refractivity contribution in [1.82, 2.24) is 9.55 Å². The molecule has 30 heavy (non-hydrogen) atoms. The number of aromatic nitrogens is 2. The third-order valence-corrected chi connectivity index (χ3v) is 5.38. The molecule has 0 unspecified atom stereocenters. The summed E-state index contributed by atoms with van der Waals surface area (Å²) in [6.07, 6.45) is 3.84. The summed E-state index contributed by atoms with van der Waals surface area (Å²) >= 11 is 7.64. The summed E-state index contributed by atoms with van der Waals surface area (Å²) in [4.78, 5) is 17.0. The van der Waals surface area contributed by atoms with E-state index in [9.17, 15) is 14.3 Å². The van der Waals surface area contributed by atoms with Gasteiger partial charge in [-0.1, -0.05) is 23.7 Å². The molecule has 0 aliphatic rings. The highest BCUT2D eigenvalue weighted by Gasteiger charge is 2.15. The van der Waals surface area contributed by atoms with Gasteiger partial charge in [-0.2, -0.15) is 0 Å². The molecule has 0 fully saturated rings. The van der Waals surface area contributed by atoms with E-state index in [2.05, 4.69) is 4.98 Å². The Morgan fingerprint density at radius 2 is 1.97 bits per heavy atom. The van der Waals surface area contributed by atoms with E-state index < -0.39 is 5.60 Å². The number of ether oxygens (including phenoxy) is 1. The predicted octanol–water partition coefficient (Wildman–Crippen LogP) is 4.51. The Morgan fingerprint density at radius 1 is 1.23 bits per heavy atom. The Hall–Kier alpha value is -2.35. The molecule has 0 atom stereocenters. The van der Waals surface area contributed by atoms with Gasteiger partial charge in [0.05, 0.1) is 16.3 Å². The molecule has 0 saturated carbocycles. The van der Waals surface area contributed by atoms with Crippen LogP contribution in [0.2, 0.25) is 5.02 Å². The fraction of sp³-hybridized carbons (Fsp3) is 0.273. The Labute approximate surface area is 183 Å². The zero-order valence-corrected chi connectivity index (χ0v) is 18.2. The molecule has 0 bridgehead atoms. The number of benzene rings is 2. The van der Waals surface area contributed by atoms with Gasteiger partial charge in [-0.15, -0.1) is 11.8 Å². The molecule has 0 aliphatic heterocycles. The van der Waals surface area contributed by atoms with Crippen molar-refractivity contribution in [3.05, 3.63) is 81.6 Å². The van der Waals surface area contributed by atoms with E-state index in [1.54, 1.807) is 56.6 Å². The summed E-state index contributed by atoms with van der Waals surface area (Å²) in [6.45, 7) is 3.37. The maximum absolute atomic E-state index is 13.0. The zero-order valence-electron chi connectivity index (χ0n) is 16.6. The molecule has 3 aromatic rings. The molecule has 0 aliphatic carbocycles. The van der Waals surface area contributed by atoms with E-state index in [1.807, 2.05) is 0 Å². The molecule has 0 saturated heterocycles. The quantitative estimate of drug-likeness (QED) is 0.514. The third kappa shape index (κ3) is 6.08. The normalized spacial score (nSPS) is 11.5. The SMILES string of the molecule is CC(C)(O)COc1ccc(-n2ccnc(SCCc3ccc(F)cc3)c2=O)cc1Cl. The van der Waals surface area contributed by atoms with Crippen LogP contribution < -0.4 is 10.3 Å². The molecule has 0 amide bonds. The zero-order chi connectivity index (χ0) is 21.7. The van der Waals surface area contributed by atoms with Crippen LogP contribution in [0.25, 0.3) is 5.69 Å². The topological polar surface area (TPSA) is 64.3 Å². The minimum atomic E-state index is -0.982. The molecule has 5 nitrogen and oxygen atoms in total. The minimum Gasteiger partial charge on any atom is -0.489 e. The fourth-order valence-corrected chi connectivity index (χ4v) is 3.74. The van der Waals surface area contributed by atoms with Gasteiger partial charge in [-0.25, -0.2) is 9.37 Å². The van der Waals surface area contributed by atoms with Crippen molar-refractivity contribution in [1.29, 1.82) is 0 Å². The van der Waals surface area contributed by atoms with E-state index >= 15 is 0 Å². The van der Waals surface area contributed by atoms with Crippen molar-refractivity contribution >= 4 is 23.4 Å². The molecule has 8 heteroatoms. The van der Waals surface area contributed by atoms with Crippen molar-refractivity contribution in [2.75, 3.05) is 12.4 Å². The summed E-state index contributed by atoms with van der Waals surface area (Å²) in [5, 5.41) is 10.5. The summed E-state index contributed by atoms with van der Waals surface area (Å²) < 4.78 is 20.0. The molecule has 2 aromatic carbocycles. The number of halogens is 2. The summed E-state index contributed by atoms with van der Waals surface area (Å²) in [5.41, 5.74) is 0.351. The van der Waals surface area contributed by atoms with Gasteiger partial charge in [0.25, 0.3) is 5.56 Å². The molecule has 0 spiro atoms. The lowest BCUT2D eigenvalue weighted by Gasteiger charge is -2.18. The average molecular weight is 449 g/mol. The Bertz CT molecular complexity index is 1070. The first kappa shape index (κ1) is 22.3. The molecule has 1 aromatic heterocycles. The maximum Gasteiger partial charge on any atom is 0.287 e. The van der Waals surface area contributed by atoms with Crippen molar-refractivity contribution in [2.45, 2.75) is 30.9 Å². The van der Waals surface area contributed by atoms with Crippen molar-refractivity contribution in [3.63, 3.8) is 0 Å². The van der Waals surface area contributed by atoms with Crippen LogP contribution in [0.1, 0.15) is 19.4 Å². The number of thioether (sulfide) groups is 1. The molecule has 3 rings (SSSR count). The maximum atomic E-state index is 13.0. The molecule has 158 valence electrons. The van der Waals surface area contributed by atoms with Crippen LogP contribution in [0.4, 0.5) is 4.39 Å². The van der Waals surface area contributed by atoms with Crippen LogP contribution >= 0.6 is 23.4 Å². The van der Waals surface area contributed by atoms with Crippen LogP contribution in [-0.2, 0) is 6.42 Å². The van der Waals surface area contributed by atoms with E-state index in [0.717, 1.165) is 5.56 Å². The highest BCUT2D eigenvalue weighted by Crippen LogP contribution is 2.27. The lowest BCUT2D eigenvalue weighted by Crippen LogP contribution is -2.28. The van der Waals surface area contributed by atoms with Crippen LogP contribution in [0.15, 0.2) is 64.7 Å². The second-order valence-corrected chi connectivity index (χ2v) is 8.84. The monoisotopic (exact) mass is 448 g/mol. The second kappa shape index (κ2) is 9.64. The smallest absolute Gasteiger partial charge is 0.287 e. The minimum absolute atomic E-state index is 0.0934. The van der Waals surface area contributed by atoms with Gasteiger partial charge in [-0.3, -0.25) is 9.36 Å². The number of hydrogen-bond donors (Lipinski definition) is 1. The van der Waals surface area contributed by atoms with E-state index in [0.29, 0.717) is 33.7 Å². The molecule has 1 N–H and O–H groups in total. The van der Waals surface area contributed by atoms with Crippen molar-refractivity contribution in [2.24, 2.45) is 0 Å². The van der Waals surface area contributed by atoms with Crippen molar-refractivity contribution < 1.29 is 14.2 Å². The number of nitrogens with zero attached hydrogens (tertiary/aromatic N) is 2. The lowest BCUT2D eigenvalue weighted by atomic mass is 10.2. The van der Waals surface area contributed by atoms with Crippen LogP contribution in [0.5, 0.6) is 5.75 Å². The number of hydrogen-bond acceptors (Lipinski definition) is 5. The van der Waals surface area contributed by atoms with E-state index in [-0.39, 0.29) is 18.0 Å². The Balaban J connectivity index is 1.71. The lowest BCUT2D eigenvalue weighted by molar-refractivity contribution is 0.0285. The number of rotatable bonds is 8. The Kier molecular flexibility index (Phi) is 7.18. The van der Waals surface area contributed by atoms with Crippen LogP contribution in [0.3, 0.4) is 0 Å². The van der Waals surface area contributed by atoms with E-state index in [4.69, 9.17) is 16.3 Å². The van der Waals surface area contributed by atoms with Gasteiger partial charge >= 0.3 is 0 Å². The van der Waals surface area contributed by atoms with Gasteiger partial charge in [0.15, 0.2) is 5.03 Å². The first-order valence-corrected chi connectivity index (χ1v) is 10.7. The molecule has 0 radical (unpaired) electrons. The largest absolute Gasteiger partial charge is 0.489 e. The van der Waals surface area contributed by atoms with Gasteiger partial charge in [0.2, 0.25) is 0 Å².